The molecule has 2 heteroatoms. The molecule has 0 aliphatic rings. The van der Waals surface area contributed by atoms with Gasteiger partial charge >= 0.3 is 0 Å². The lowest BCUT2D eigenvalue weighted by Crippen LogP contribution is -2.32. The van der Waals surface area contributed by atoms with E-state index in [9.17, 15) is 0 Å². The first-order valence-electron chi connectivity index (χ1n) is 5.61. The number of thioether (sulfide) groups is 1. The summed E-state index contributed by atoms with van der Waals surface area (Å²) >= 11 is 1.93. The van der Waals surface area contributed by atoms with Crippen molar-refractivity contribution in [3.8, 4) is 0 Å². The van der Waals surface area contributed by atoms with Gasteiger partial charge in [-0.15, -0.1) is 11.8 Å². The number of rotatable bonds is 5. The Bertz CT molecular complexity index is 297. The van der Waals surface area contributed by atoms with Gasteiger partial charge in [-0.25, -0.2) is 0 Å². The van der Waals surface area contributed by atoms with Crippen LogP contribution in [-0.4, -0.2) is 11.3 Å². The minimum Gasteiger partial charge on any atom is -0.329 e. The second-order valence-corrected chi connectivity index (χ2v) is 5.55. The topological polar surface area (TPSA) is 26.0 Å². The third-order valence-electron chi connectivity index (χ3n) is 2.98. The molecule has 0 bridgehead atoms. The minimum atomic E-state index is 0.216. The minimum absolute atomic E-state index is 0.216. The molecule has 0 atom stereocenters. The zero-order valence-corrected chi connectivity index (χ0v) is 10.7. The summed E-state index contributed by atoms with van der Waals surface area (Å²) < 4.78 is 0.216. The highest BCUT2D eigenvalue weighted by atomic mass is 32.2. The second-order valence-electron chi connectivity index (χ2n) is 4.01. The van der Waals surface area contributed by atoms with Crippen molar-refractivity contribution in [1.29, 1.82) is 0 Å². The summed E-state index contributed by atoms with van der Waals surface area (Å²) in [5, 5.41) is 0. The zero-order chi connectivity index (χ0) is 11.3. The maximum Gasteiger partial charge on any atom is 0.0324 e. The molecule has 0 heterocycles. The Kier molecular flexibility index (Phi) is 4.68. The largest absolute Gasteiger partial charge is 0.329 e. The van der Waals surface area contributed by atoms with Crippen LogP contribution in [0.2, 0.25) is 0 Å². The Morgan fingerprint density at radius 3 is 2.40 bits per heavy atom. The van der Waals surface area contributed by atoms with Crippen molar-refractivity contribution in [2.45, 2.75) is 43.3 Å². The number of hydrogen-bond acceptors (Lipinski definition) is 2. The molecule has 0 radical (unpaired) electrons. The molecule has 84 valence electrons. The highest BCUT2D eigenvalue weighted by Crippen LogP contribution is 2.37. The molecule has 0 aliphatic heterocycles. The molecule has 0 aliphatic carbocycles. The van der Waals surface area contributed by atoms with Gasteiger partial charge in [-0.1, -0.05) is 31.5 Å². The predicted octanol–water partition coefficient (Wildman–Crippen LogP) is 3.60. The van der Waals surface area contributed by atoms with Crippen LogP contribution in [0.5, 0.6) is 0 Å². The van der Waals surface area contributed by atoms with Crippen molar-refractivity contribution in [3.05, 3.63) is 29.8 Å². The molecule has 0 amide bonds. The number of nitrogens with two attached hydrogens (primary N) is 1. The van der Waals surface area contributed by atoms with E-state index in [1.54, 1.807) is 0 Å². The molecule has 1 aromatic rings. The van der Waals surface area contributed by atoms with Gasteiger partial charge in [0.05, 0.1) is 0 Å². The monoisotopic (exact) mass is 223 g/mol. The van der Waals surface area contributed by atoms with Crippen LogP contribution in [0.1, 0.15) is 32.3 Å². The SMILES string of the molecule is CCC(CC)(CN)Sc1cccc(C)c1. The predicted molar refractivity (Wildman–Crippen MR) is 69.4 cm³/mol. The Morgan fingerprint density at radius 2 is 1.93 bits per heavy atom. The fourth-order valence-electron chi connectivity index (χ4n) is 1.65. The first-order chi connectivity index (χ1) is 7.15. The van der Waals surface area contributed by atoms with Crippen LogP contribution >= 0.6 is 11.8 Å². The summed E-state index contributed by atoms with van der Waals surface area (Å²) in [6.07, 6.45) is 2.25. The van der Waals surface area contributed by atoms with Gasteiger partial charge in [0.15, 0.2) is 0 Å². The van der Waals surface area contributed by atoms with E-state index in [4.69, 9.17) is 5.73 Å². The number of aryl methyl sites for hydroxylation is 1. The van der Waals surface area contributed by atoms with E-state index in [1.807, 2.05) is 11.8 Å². The lowest BCUT2D eigenvalue weighted by atomic mass is 10.0. The molecule has 0 aromatic heterocycles. The molecule has 0 spiro atoms. The quantitative estimate of drug-likeness (QED) is 0.772. The third kappa shape index (κ3) is 3.25. The third-order valence-corrected chi connectivity index (χ3v) is 4.65. The number of benzene rings is 1. The van der Waals surface area contributed by atoms with Crippen LogP contribution < -0.4 is 5.73 Å². The van der Waals surface area contributed by atoms with Gasteiger partial charge in [-0.05, 0) is 31.9 Å². The molecule has 0 saturated carbocycles. The maximum absolute atomic E-state index is 5.89. The molecule has 15 heavy (non-hydrogen) atoms. The molecule has 1 rings (SSSR count). The van der Waals surface area contributed by atoms with E-state index >= 15 is 0 Å². The molecule has 0 saturated heterocycles. The summed E-state index contributed by atoms with van der Waals surface area (Å²) in [4.78, 5) is 1.34. The van der Waals surface area contributed by atoms with Crippen molar-refractivity contribution in [2.75, 3.05) is 6.54 Å². The van der Waals surface area contributed by atoms with E-state index in [2.05, 4.69) is 45.0 Å². The van der Waals surface area contributed by atoms with E-state index in [0.29, 0.717) is 0 Å². The van der Waals surface area contributed by atoms with E-state index < -0.39 is 0 Å². The van der Waals surface area contributed by atoms with Crippen LogP contribution in [-0.2, 0) is 0 Å². The molecule has 2 N–H and O–H groups in total. The Balaban J connectivity index is 2.82. The van der Waals surface area contributed by atoms with Crippen LogP contribution in [0.15, 0.2) is 29.2 Å². The lowest BCUT2D eigenvalue weighted by molar-refractivity contribution is 0.558. The highest BCUT2D eigenvalue weighted by molar-refractivity contribution is 8.00. The summed E-state index contributed by atoms with van der Waals surface area (Å²) in [5.74, 6) is 0. The van der Waals surface area contributed by atoms with Crippen molar-refractivity contribution >= 4 is 11.8 Å². The summed E-state index contributed by atoms with van der Waals surface area (Å²) in [5.41, 5.74) is 7.21. The van der Waals surface area contributed by atoms with E-state index in [1.165, 1.54) is 10.5 Å². The lowest BCUT2D eigenvalue weighted by Gasteiger charge is -2.29. The van der Waals surface area contributed by atoms with Crippen molar-refractivity contribution in [2.24, 2.45) is 5.73 Å². The van der Waals surface area contributed by atoms with Crippen LogP contribution in [0.25, 0.3) is 0 Å². The molecule has 0 fully saturated rings. The van der Waals surface area contributed by atoms with E-state index in [0.717, 1.165) is 19.4 Å². The fraction of sp³-hybridized carbons (Fsp3) is 0.538. The van der Waals surface area contributed by atoms with E-state index in [-0.39, 0.29) is 4.75 Å². The van der Waals surface area contributed by atoms with Crippen LogP contribution in [0.4, 0.5) is 0 Å². The first kappa shape index (κ1) is 12.6. The molecular formula is C13H21NS. The smallest absolute Gasteiger partial charge is 0.0324 e. The molecular weight excluding hydrogens is 202 g/mol. The van der Waals surface area contributed by atoms with Crippen LogP contribution in [0.3, 0.4) is 0 Å². The van der Waals surface area contributed by atoms with Gasteiger partial charge in [0.2, 0.25) is 0 Å². The summed E-state index contributed by atoms with van der Waals surface area (Å²) in [6, 6.07) is 8.66. The zero-order valence-electron chi connectivity index (χ0n) is 9.92. The standard InChI is InChI=1S/C13H21NS/c1-4-13(5-2,10-14)15-12-8-6-7-11(3)9-12/h6-9H,4-5,10,14H2,1-3H3. The first-order valence-corrected chi connectivity index (χ1v) is 6.43. The second kappa shape index (κ2) is 5.57. The molecule has 1 aromatic carbocycles. The Hall–Kier alpha value is -0.470. The summed E-state index contributed by atoms with van der Waals surface area (Å²) in [6.45, 7) is 7.32. The molecule has 0 unspecified atom stereocenters. The maximum atomic E-state index is 5.89. The van der Waals surface area contributed by atoms with Crippen molar-refractivity contribution < 1.29 is 0 Å². The van der Waals surface area contributed by atoms with Gasteiger partial charge in [0, 0.05) is 16.2 Å². The van der Waals surface area contributed by atoms with Gasteiger partial charge in [0.1, 0.15) is 0 Å². The van der Waals surface area contributed by atoms with Crippen LogP contribution in [0, 0.1) is 6.92 Å². The Labute approximate surface area is 97.4 Å². The van der Waals surface area contributed by atoms with Gasteiger partial charge < -0.3 is 5.73 Å². The van der Waals surface area contributed by atoms with Gasteiger partial charge in [-0.2, -0.15) is 0 Å². The number of hydrogen-bond donors (Lipinski definition) is 1. The Morgan fingerprint density at radius 1 is 1.27 bits per heavy atom. The van der Waals surface area contributed by atoms with Gasteiger partial charge in [-0.3, -0.25) is 0 Å². The van der Waals surface area contributed by atoms with Crippen molar-refractivity contribution in [3.63, 3.8) is 0 Å². The average Bonchev–Trinajstić information content (AvgIpc) is 2.26. The summed E-state index contributed by atoms with van der Waals surface area (Å²) in [7, 11) is 0. The average molecular weight is 223 g/mol. The highest BCUT2D eigenvalue weighted by Gasteiger charge is 2.25. The van der Waals surface area contributed by atoms with Crippen molar-refractivity contribution in [1.82, 2.24) is 0 Å². The van der Waals surface area contributed by atoms with Gasteiger partial charge in [0.25, 0.3) is 0 Å². The normalized spacial score (nSPS) is 11.7. The molecule has 1 nitrogen and oxygen atoms in total. The fourth-order valence-corrected chi connectivity index (χ4v) is 2.92.